The third-order valence-corrected chi connectivity index (χ3v) is 4.26. The molecule has 0 saturated heterocycles. The third kappa shape index (κ3) is 2.40. The molecule has 3 heteroatoms. The summed E-state index contributed by atoms with van der Waals surface area (Å²) < 4.78 is 0. The summed E-state index contributed by atoms with van der Waals surface area (Å²) in [4.78, 5) is 28.3. The predicted molar refractivity (Wildman–Crippen MR) is 95.5 cm³/mol. The van der Waals surface area contributed by atoms with Crippen LogP contribution in [0.2, 0.25) is 0 Å². The van der Waals surface area contributed by atoms with Crippen molar-refractivity contribution < 1.29 is 9.59 Å². The quantitative estimate of drug-likeness (QED) is 0.435. The summed E-state index contributed by atoms with van der Waals surface area (Å²) in [5, 5.41) is 2.08. The van der Waals surface area contributed by atoms with Gasteiger partial charge in [-0.25, -0.2) is 0 Å². The van der Waals surface area contributed by atoms with Crippen LogP contribution in [0.5, 0.6) is 0 Å². The zero-order valence-electron chi connectivity index (χ0n) is 13.0. The summed E-state index contributed by atoms with van der Waals surface area (Å²) in [6.07, 6.45) is -0.126. The molecule has 116 valence electrons. The maximum atomic E-state index is 12.7. The molecule has 4 rings (SSSR count). The molecule has 0 spiro atoms. The van der Waals surface area contributed by atoms with Crippen molar-refractivity contribution >= 4 is 33.4 Å². The number of Topliss-reactive ketones (excluding diaryl/α,β-unsaturated/α-hetero) is 2. The van der Waals surface area contributed by atoms with Crippen LogP contribution in [-0.2, 0) is 0 Å². The number of rotatable bonds is 4. The van der Waals surface area contributed by atoms with Crippen LogP contribution in [0, 0.1) is 0 Å². The monoisotopic (exact) mass is 313 g/mol. The number of hydrogen-bond acceptors (Lipinski definition) is 2. The van der Waals surface area contributed by atoms with Crippen LogP contribution in [0.1, 0.15) is 27.1 Å². The van der Waals surface area contributed by atoms with Gasteiger partial charge >= 0.3 is 0 Å². The van der Waals surface area contributed by atoms with Gasteiger partial charge in [0.25, 0.3) is 0 Å². The van der Waals surface area contributed by atoms with Crippen LogP contribution >= 0.6 is 0 Å². The second-order valence-electron chi connectivity index (χ2n) is 5.79. The Labute approximate surface area is 138 Å². The highest BCUT2D eigenvalue weighted by atomic mass is 16.1. The van der Waals surface area contributed by atoms with E-state index in [0.29, 0.717) is 11.1 Å². The number of aromatic amines is 1. The molecule has 1 aromatic heterocycles. The Morgan fingerprint density at radius 2 is 1.42 bits per heavy atom. The summed E-state index contributed by atoms with van der Waals surface area (Å²) in [6.45, 7) is 0. The minimum absolute atomic E-state index is 0.126. The van der Waals surface area contributed by atoms with E-state index in [9.17, 15) is 9.59 Å². The Balaban J connectivity index is 1.73. The van der Waals surface area contributed by atoms with Gasteiger partial charge in [0.2, 0.25) is 0 Å². The van der Waals surface area contributed by atoms with E-state index in [1.807, 2.05) is 42.5 Å². The van der Waals surface area contributed by atoms with Crippen molar-refractivity contribution in [1.29, 1.82) is 0 Å². The molecule has 0 aliphatic carbocycles. The largest absolute Gasteiger partial charge is 0.354 e. The lowest BCUT2D eigenvalue weighted by atomic mass is 9.99. The van der Waals surface area contributed by atoms with Gasteiger partial charge in [0.05, 0.1) is 11.9 Å². The fourth-order valence-corrected chi connectivity index (χ4v) is 3.07. The van der Waals surface area contributed by atoms with Gasteiger partial charge in [0, 0.05) is 27.4 Å². The second-order valence-corrected chi connectivity index (χ2v) is 5.79. The van der Waals surface area contributed by atoms with E-state index in [1.165, 1.54) is 0 Å². The van der Waals surface area contributed by atoms with E-state index in [2.05, 4.69) is 4.98 Å². The topological polar surface area (TPSA) is 49.9 Å². The molecule has 0 aliphatic rings. The summed E-state index contributed by atoms with van der Waals surface area (Å²) >= 11 is 0. The molecular weight excluding hydrogens is 298 g/mol. The molecule has 1 heterocycles. The molecule has 0 atom stereocenters. The van der Waals surface area contributed by atoms with E-state index in [0.717, 1.165) is 21.8 Å². The van der Waals surface area contributed by atoms with E-state index >= 15 is 0 Å². The van der Waals surface area contributed by atoms with Gasteiger partial charge in [0.15, 0.2) is 11.6 Å². The molecule has 1 N–H and O–H groups in total. The highest BCUT2D eigenvalue weighted by molar-refractivity contribution is 6.20. The molecule has 0 radical (unpaired) electrons. The van der Waals surface area contributed by atoms with Crippen molar-refractivity contribution in [2.45, 2.75) is 6.42 Å². The Hall–Kier alpha value is -3.20. The van der Waals surface area contributed by atoms with Crippen LogP contribution in [0.15, 0.2) is 72.8 Å². The number of fused-ring (bicyclic) bond motifs is 3. The van der Waals surface area contributed by atoms with E-state index in [1.54, 1.807) is 30.3 Å². The van der Waals surface area contributed by atoms with Gasteiger partial charge in [-0.2, -0.15) is 0 Å². The summed E-state index contributed by atoms with van der Waals surface area (Å²) in [5.41, 5.74) is 2.91. The highest BCUT2D eigenvalue weighted by Crippen LogP contribution is 2.28. The van der Waals surface area contributed by atoms with E-state index in [-0.39, 0.29) is 18.0 Å². The maximum Gasteiger partial charge on any atom is 0.172 e. The lowest BCUT2D eigenvalue weighted by Crippen LogP contribution is -2.09. The third-order valence-electron chi connectivity index (χ3n) is 4.26. The SMILES string of the molecule is O=C(CC(=O)c1cccc2c1[nH]c1ccccc12)c1ccccc1. The summed E-state index contributed by atoms with van der Waals surface area (Å²) in [6, 6.07) is 22.5. The standard InChI is InChI=1S/C21H15NO2/c23-19(14-7-2-1-3-8-14)13-20(24)17-11-6-10-16-15-9-4-5-12-18(15)22-21(16)17/h1-12,22H,13H2. The number of carbonyl (C=O) groups excluding carboxylic acids is 2. The molecule has 0 saturated carbocycles. The minimum atomic E-state index is -0.166. The normalized spacial score (nSPS) is 11.0. The van der Waals surface area contributed by atoms with Gasteiger partial charge in [-0.05, 0) is 12.1 Å². The molecule has 0 bridgehead atoms. The molecular formula is C21H15NO2. The van der Waals surface area contributed by atoms with Crippen molar-refractivity contribution in [3.05, 3.63) is 83.9 Å². The van der Waals surface area contributed by atoms with Gasteiger partial charge in [-0.3, -0.25) is 9.59 Å². The number of ketones is 2. The number of benzene rings is 3. The van der Waals surface area contributed by atoms with Crippen LogP contribution in [0.25, 0.3) is 21.8 Å². The van der Waals surface area contributed by atoms with Crippen molar-refractivity contribution in [3.63, 3.8) is 0 Å². The molecule has 0 unspecified atom stereocenters. The number of para-hydroxylation sites is 2. The molecule has 0 amide bonds. The Bertz CT molecular complexity index is 1060. The summed E-state index contributed by atoms with van der Waals surface area (Å²) in [5.74, 6) is -0.324. The van der Waals surface area contributed by atoms with Crippen molar-refractivity contribution in [1.82, 2.24) is 4.98 Å². The van der Waals surface area contributed by atoms with Crippen molar-refractivity contribution in [2.75, 3.05) is 0 Å². The van der Waals surface area contributed by atoms with E-state index < -0.39 is 0 Å². The second kappa shape index (κ2) is 5.78. The average Bonchev–Trinajstić information content (AvgIpc) is 3.01. The molecule has 0 fully saturated rings. The number of hydrogen-bond donors (Lipinski definition) is 1. The fourth-order valence-electron chi connectivity index (χ4n) is 3.07. The maximum absolute atomic E-state index is 12.7. The molecule has 3 aromatic carbocycles. The first-order valence-electron chi connectivity index (χ1n) is 7.85. The van der Waals surface area contributed by atoms with Crippen molar-refractivity contribution in [2.24, 2.45) is 0 Å². The van der Waals surface area contributed by atoms with Gasteiger partial charge in [-0.15, -0.1) is 0 Å². The smallest absolute Gasteiger partial charge is 0.172 e. The van der Waals surface area contributed by atoms with E-state index in [4.69, 9.17) is 0 Å². The average molecular weight is 313 g/mol. The number of H-pyrrole nitrogens is 1. The zero-order valence-corrected chi connectivity index (χ0v) is 13.0. The lowest BCUT2D eigenvalue weighted by Gasteiger charge is -2.03. The van der Waals surface area contributed by atoms with Crippen LogP contribution in [0.4, 0.5) is 0 Å². The molecule has 3 nitrogen and oxygen atoms in total. The first kappa shape index (κ1) is 14.4. The first-order chi connectivity index (χ1) is 11.7. The number of aromatic nitrogens is 1. The molecule has 24 heavy (non-hydrogen) atoms. The van der Waals surface area contributed by atoms with Gasteiger partial charge in [-0.1, -0.05) is 60.7 Å². The minimum Gasteiger partial charge on any atom is -0.354 e. The van der Waals surface area contributed by atoms with Gasteiger partial charge < -0.3 is 4.98 Å². The van der Waals surface area contributed by atoms with Crippen LogP contribution < -0.4 is 0 Å². The zero-order chi connectivity index (χ0) is 16.5. The molecule has 4 aromatic rings. The van der Waals surface area contributed by atoms with Crippen LogP contribution in [0.3, 0.4) is 0 Å². The predicted octanol–water partition coefficient (Wildman–Crippen LogP) is 4.78. The summed E-state index contributed by atoms with van der Waals surface area (Å²) in [7, 11) is 0. The fraction of sp³-hybridized carbons (Fsp3) is 0.0476. The Morgan fingerprint density at radius 1 is 0.708 bits per heavy atom. The number of carbonyl (C=O) groups is 2. The Kier molecular flexibility index (Phi) is 3.47. The van der Waals surface area contributed by atoms with Crippen molar-refractivity contribution in [3.8, 4) is 0 Å². The highest BCUT2D eigenvalue weighted by Gasteiger charge is 2.17. The van der Waals surface area contributed by atoms with Crippen LogP contribution in [-0.4, -0.2) is 16.6 Å². The molecule has 0 aliphatic heterocycles. The number of nitrogens with one attached hydrogen (secondary N) is 1. The Morgan fingerprint density at radius 3 is 2.25 bits per heavy atom. The lowest BCUT2D eigenvalue weighted by molar-refractivity contribution is 0.0895. The first-order valence-corrected chi connectivity index (χ1v) is 7.85. The van der Waals surface area contributed by atoms with Gasteiger partial charge in [0.1, 0.15) is 0 Å².